The molecule has 1 amide bonds. The molecule has 1 atom stereocenters. The van der Waals surface area contributed by atoms with E-state index < -0.39 is 0 Å². The summed E-state index contributed by atoms with van der Waals surface area (Å²) in [6.45, 7) is 14.0. The van der Waals surface area contributed by atoms with Crippen molar-refractivity contribution in [1.82, 2.24) is 4.90 Å². The third kappa shape index (κ3) is 4.63. The zero-order valence-electron chi connectivity index (χ0n) is 9.99. The van der Waals surface area contributed by atoms with E-state index in [1.165, 1.54) is 0 Å². The third-order valence-electron chi connectivity index (χ3n) is 2.32. The average molecular weight is 207 g/mol. The van der Waals surface area contributed by atoms with Gasteiger partial charge in [0.2, 0.25) is 5.91 Å². The number of carbonyl (C=O) groups excluding carboxylic acids is 1. The maximum absolute atomic E-state index is 11.4. The van der Waals surface area contributed by atoms with Gasteiger partial charge in [-0.1, -0.05) is 38.3 Å². The summed E-state index contributed by atoms with van der Waals surface area (Å²) in [6, 6.07) is 0.0543. The van der Waals surface area contributed by atoms with Crippen LogP contribution >= 0.6 is 0 Å². The predicted octanol–water partition coefficient (Wildman–Crippen LogP) is 2.93. The molecule has 0 aliphatic rings. The van der Waals surface area contributed by atoms with Gasteiger partial charge in [-0.05, 0) is 18.9 Å². The molecule has 2 nitrogen and oxygen atoms in total. The molecule has 0 aliphatic heterocycles. The van der Waals surface area contributed by atoms with Crippen LogP contribution in [0.4, 0.5) is 0 Å². The van der Waals surface area contributed by atoms with Gasteiger partial charge in [0.1, 0.15) is 0 Å². The van der Waals surface area contributed by atoms with Gasteiger partial charge in [0.15, 0.2) is 0 Å². The second-order valence-electron chi connectivity index (χ2n) is 3.56. The summed E-state index contributed by atoms with van der Waals surface area (Å²) in [4.78, 5) is 13.2. The Balaban J connectivity index is 4.54. The van der Waals surface area contributed by atoms with Gasteiger partial charge in [-0.15, -0.1) is 0 Å². The van der Waals surface area contributed by atoms with E-state index in [1.807, 2.05) is 24.0 Å². The fourth-order valence-electron chi connectivity index (χ4n) is 1.40. The maximum atomic E-state index is 11.4. The van der Waals surface area contributed by atoms with Crippen molar-refractivity contribution < 1.29 is 4.79 Å². The minimum atomic E-state index is 0.0543. The Morgan fingerprint density at radius 2 is 2.13 bits per heavy atom. The van der Waals surface area contributed by atoms with Crippen molar-refractivity contribution in [2.24, 2.45) is 0 Å². The van der Waals surface area contributed by atoms with Crippen molar-refractivity contribution in [3.05, 3.63) is 37.0 Å². The van der Waals surface area contributed by atoms with E-state index in [-0.39, 0.29) is 11.9 Å². The molecule has 0 saturated carbocycles. The second kappa shape index (κ2) is 7.04. The Morgan fingerprint density at radius 1 is 1.53 bits per heavy atom. The second-order valence-corrected chi connectivity index (χ2v) is 3.56. The number of nitrogens with zero attached hydrogens (tertiary/aromatic N) is 1. The first-order valence-electron chi connectivity index (χ1n) is 5.29. The monoisotopic (exact) mass is 207 g/mol. The number of allylic oxidation sites excluding steroid dienone is 2. The van der Waals surface area contributed by atoms with Crippen LogP contribution in [0.25, 0.3) is 0 Å². The average Bonchev–Trinajstić information content (AvgIpc) is 2.21. The van der Waals surface area contributed by atoms with Crippen LogP contribution in [-0.4, -0.2) is 23.4 Å². The van der Waals surface area contributed by atoms with Crippen LogP contribution in [0, 0.1) is 0 Å². The summed E-state index contributed by atoms with van der Waals surface area (Å²) in [5, 5.41) is 0. The lowest BCUT2D eigenvalue weighted by molar-refractivity contribution is -0.130. The highest BCUT2D eigenvalue weighted by Crippen LogP contribution is 2.11. The van der Waals surface area contributed by atoms with Gasteiger partial charge in [-0.3, -0.25) is 4.79 Å². The van der Waals surface area contributed by atoms with E-state index in [1.54, 1.807) is 13.0 Å². The van der Waals surface area contributed by atoms with Crippen molar-refractivity contribution in [3.63, 3.8) is 0 Å². The smallest absolute Gasteiger partial charge is 0.219 e. The minimum absolute atomic E-state index is 0.0543. The standard InChI is InChI=1S/C13H21NO/c1-6-8-9-11(3)12(4)14(10-7-2)13(5)15/h6,8-9,12H,1,3,7,10H2,2,4-5H3/b9-8-. The Morgan fingerprint density at radius 3 is 2.53 bits per heavy atom. The SMILES string of the molecule is C=C/C=C\C(=C)C(C)N(CCC)C(C)=O. The molecule has 0 fully saturated rings. The Labute approximate surface area is 93.0 Å². The van der Waals surface area contributed by atoms with E-state index in [9.17, 15) is 4.79 Å². The molecular weight excluding hydrogens is 186 g/mol. The number of hydrogen-bond acceptors (Lipinski definition) is 1. The van der Waals surface area contributed by atoms with Crippen LogP contribution < -0.4 is 0 Å². The van der Waals surface area contributed by atoms with Crippen LogP contribution in [0.1, 0.15) is 27.2 Å². The number of carbonyl (C=O) groups is 1. The normalized spacial score (nSPS) is 12.5. The van der Waals surface area contributed by atoms with Crippen molar-refractivity contribution in [1.29, 1.82) is 0 Å². The van der Waals surface area contributed by atoms with Crippen molar-refractivity contribution in [2.45, 2.75) is 33.2 Å². The van der Waals surface area contributed by atoms with Crippen molar-refractivity contribution in [3.8, 4) is 0 Å². The van der Waals surface area contributed by atoms with E-state index >= 15 is 0 Å². The third-order valence-corrected chi connectivity index (χ3v) is 2.32. The molecule has 0 saturated heterocycles. The minimum Gasteiger partial charge on any atom is -0.336 e. The lowest BCUT2D eigenvalue weighted by Gasteiger charge is -2.28. The number of amides is 1. The number of hydrogen-bond donors (Lipinski definition) is 0. The van der Waals surface area contributed by atoms with Gasteiger partial charge in [-0.2, -0.15) is 0 Å². The first-order chi connectivity index (χ1) is 7.04. The molecule has 0 aromatic heterocycles. The number of rotatable bonds is 6. The van der Waals surface area contributed by atoms with Crippen LogP contribution in [0.5, 0.6) is 0 Å². The van der Waals surface area contributed by atoms with E-state index in [0.717, 1.165) is 18.5 Å². The largest absolute Gasteiger partial charge is 0.336 e. The fraction of sp³-hybridized carbons (Fsp3) is 0.462. The van der Waals surface area contributed by atoms with Crippen LogP contribution in [-0.2, 0) is 4.79 Å². The summed E-state index contributed by atoms with van der Waals surface area (Å²) in [6.07, 6.45) is 6.39. The molecule has 15 heavy (non-hydrogen) atoms. The Kier molecular flexibility index (Phi) is 6.43. The zero-order valence-corrected chi connectivity index (χ0v) is 9.99. The molecule has 2 heteroatoms. The van der Waals surface area contributed by atoms with Crippen LogP contribution in [0.3, 0.4) is 0 Å². The van der Waals surface area contributed by atoms with Gasteiger partial charge in [0.05, 0.1) is 6.04 Å². The molecule has 0 rings (SSSR count). The van der Waals surface area contributed by atoms with Gasteiger partial charge in [0.25, 0.3) is 0 Å². The summed E-state index contributed by atoms with van der Waals surface area (Å²) in [5.41, 5.74) is 0.929. The predicted molar refractivity (Wildman–Crippen MR) is 65.6 cm³/mol. The molecule has 0 spiro atoms. The quantitative estimate of drug-likeness (QED) is 0.613. The van der Waals surface area contributed by atoms with Crippen molar-refractivity contribution in [2.75, 3.05) is 6.54 Å². The summed E-state index contributed by atoms with van der Waals surface area (Å²) in [7, 11) is 0. The zero-order chi connectivity index (χ0) is 11.8. The fourth-order valence-corrected chi connectivity index (χ4v) is 1.40. The molecule has 1 unspecified atom stereocenters. The Bertz CT molecular complexity index is 266. The topological polar surface area (TPSA) is 20.3 Å². The van der Waals surface area contributed by atoms with Gasteiger partial charge < -0.3 is 4.90 Å². The molecule has 0 heterocycles. The van der Waals surface area contributed by atoms with Gasteiger partial charge in [0, 0.05) is 13.5 Å². The summed E-state index contributed by atoms with van der Waals surface area (Å²) < 4.78 is 0. The summed E-state index contributed by atoms with van der Waals surface area (Å²) >= 11 is 0. The van der Waals surface area contributed by atoms with E-state index in [0.29, 0.717) is 0 Å². The Hall–Kier alpha value is -1.31. The van der Waals surface area contributed by atoms with Crippen LogP contribution in [0.15, 0.2) is 37.0 Å². The highest BCUT2D eigenvalue weighted by Gasteiger charge is 2.16. The highest BCUT2D eigenvalue weighted by molar-refractivity contribution is 5.74. The molecule has 0 aliphatic carbocycles. The lowest BCUT2D eigenvalue weighted by atomic mass is 10.1. The first-order valence-corrected chi connectivity index (χ1v) is 5.29. The molecule has 0 N–H and O–H groups in total. The van der Waals surface area contributed by atoms with E-state index in [2.05, 4.69) is 20.1 Å². The molecule has 84 valence electrons. The van der Waals surface area contributed by atoms with Gasteiger partial charge >= 0.3 is 0 Å². The van der Waals surface area contributed by atoms with Crippen LogP contribution in [0.2, 0.25) is 0 Å². The lowest BCUT2D eigenvalue weighted by Crippen LogP contribution is -2.38. The van der Waals surface area contributed by atoms with Crippen molar-refractivity contribution >= 4 is 5.91 Å². The van der Waals surface area contributed by atoms with E-state index in [4.69, 9.17) is 0 Å². The van der Waals surface area contributed by atoms with Gasteiger partial charge in [-0.25, -0.2) is 0 Å². The molecular formula is C13H21NO. The molecule has 0 aromatic rings. The highest BCUT2D eigenvalue weighted by atomic mass is 16.2. The first kappa shape index (κ1) is 13.7. The maximum Gasteiger partial charge on any atom is 0.219 e. The molecule has 0 bridgehead atoms. The summed E-state index contributed by atoms with van der Waals surface area (Å²) in [5.74, 6) is 0.0949. The molecule has 0 aromatic carbocycles. The molecule has 0 radical (unpaired) electrons.